The predicted molar refractivity (Wildman–Crippen MR) is 112 cm³/mol. The molecule has 0 aliphatic heterocycles. The highest BCUT2D eigenvalue weighted by Gasteiger charge is 2.26. The van der Waals surface area contributed by atoms with Gasteiger partial charge in [0.05, 0.1) is 26.2 Å². The third-order valence-corrected chi connectivity index (χ3v) is 5.08. The van der Waals surface area contributed by atoms with Gasteiger partial charge in [-0.1, -0.05) is 19.9 Å². The average molecular weight is 436 g/mol. The second-order valence-electron chi connectivity index (χ2n) is 6.53. The Morgan fingerprint density at radius 1 is 0.933 bits per heavy atom. The van der Waals surface area contributed by atoms with Gasteiger partial charge in [0.25, 0.3) is 17.7 Å². The van der Waals surface area contributed by atoms with Crippen LogP contribution in [0.3, 0.4) is 0 Å². The minimum absolute atomic E-state index is 0.188. The monoisotopic (exact) mass is 435 g/mol. The van der Waals surface area contributed by atoms with Gasteiger partial charge in [-0.05, 0) is 29.5 Å². The van der Waals surface area contributed by atoms with E-state index in [4.69, 9.17) is 14.2 Å². The van der Waals surface area contributed by atoms with Crippen molar-refractivity contribution in [1.82, 2.24) is 16.2 Å². The van der Waals surface area contributed by atoms with E-state index in [0.29, 0.717) is 22.1 Å². The van der Waals surface area contributed by atoms with Gasteiger partial charge in [0.2, 0.25) is 5.75 Å². The summed E-state index contributed by atoms with van der Waals surface area (Å²) in [6.07, 6.45) is 0. The van der Waals surface area contributed by atoms with Crippen LogP contribution >= 0.6 is 11.3 Å². The van der Waals surface area contributed by atoms with Crippen LogP contribution in [0, 0.1) is 5.92 Å². The molecule has 10 heteroatoms. The number of methoxy groups -OCH3 is 3. The topological polar surface area (TPSA) is 115 Å². The van der Waals surface area contributed by atoms with E-state index in [2.05, 4.69) is 16.2 Å². The van der Waals surface area contributed by atoms with E-state index in [1.807, 2.05) is 0 Å². The van der Waals surface area contributed by atoms with Crippen LogP contribution in [0.1, 0.15) is 33.9 Å². The summed E-state index contributed by atoms with van der Waals surface area (Å²) in [5, 5.41) is 4.46. The maximum atomic E-state index is 12.6. The summed E-state index contributed by atoms with van der Waals surface area (Å²) >= 11 is 1.27. The molecule has 0 bridgehead atoms. The second kappa shape index (κ2) is 10.5. The molecule has 0 aliphatic carbocycles. The van der Waals surface area contributed by atoms with Crippen molar-refractivity contribution in [3.8, 4) is 17.2 Å². The van der Waals surface area contributed by atoms with Crippen LogP contribution in [-0.4, -0.2) is 45.1 Å². The lowest BCUT2D eigenvalue weighted by Crippen LogP contribution is -2.54. The number of benzene rings is 1. The normalized spacial score (nSPS) is 11.4. The van der Waals surface area contributed by atoms with E-state index in [0.717, 1.165) is 0 Å². The SMILES string of the molecule is COc1cc(C(=O)NNC(=O)C(NC(=O)c2cccs2)C(C)C)cc(OC)c1OC. The summed E-state index contributed by atoms with van der Waals surface area (Å²) in [5.74, 6) is -0.739. The van der Waals surface area contributed by atoms with Crippen LogP contribution in [-0.2, 0) is 4.79 Å². The minimum Gasteiger partial charge on any atom is -0.493 e. The molecule has 2 rings (SSSR count). The van der Waals surface area contributed by atoms with Crippen molar-refractivity contribution in [3.05, 3.63) is 40.1 Å². The zero-order valence-corrected chi connectivity index (χ0v) is 18.2. The van der Waals surface area contributed by atoms with Crippen molar-refractivity contribution in [1.29, 1.82) is 0 Å². The van der Waals surface area contributed by atoms with Gasteiger partial charge in [0.15, 0.2) is 11.5 Å². The molecule has 0 radical (unpaired) electrons. The summed E-state index contributed by atoms with van der Waals surface area (Å²) in [5.41, 5.74) is 4.89. The molecule has 0 saturated heterocycles. The fourth-order valence-corrected chi connectivity index (χ4v) is 3.26. The van der Waals surface area contributed by atoms with Crippen LogP contribution in [0.4, 0.5) is 0 Å². The molecule has 1 aromatic carbocycles. The van der Waals surface area contributed by atoms with Crippen molar-refractivity contribution in [2.45, 2.75) is 19.9 Å². The molecule has 1 atom stereocenters. The number of amides is 3. The van der Waals surface area contributed by atoms with E-state index >= 15 is 0 Å². The lowest BCUT2D eigenvalue weighted by atomic mass is 10.0. The van der Waals surface area contributed by atoms with E-state index in [1.165, 1.54) is 44.8 Å². The Kier molecular flexibility index (Phi) is 8.05. The summed E-state index contributed by atoms with van der Waals surface area (Å²) in [7, 11) is 4.32. The van der Waals surface area contributed by atoms with Crippen molar-refractivity contribution < 1.29 is 28.6 Å². The molecule has 1 aromatic heterocycles. The molecule has 0 fully saturated rings. The summed E-state index contributed by atoms with van der Waals surface area (Å²) < 4.78 is 15.7. The molecule has 1 heterocycles. The van der Waals surface area contributed by atoms with Crippen LogP contribution in [0.25, 0.3) is 0 Å². The number of hydrogen-bond donors (Lipinski definition) is 3. The molecule has 2 aromatic rings. The number of rotatable bonds is 8. The Morgan fingerprint density at radius 3 is 2.03 bits per heavy atom. The minimum atomic E-state index is -0.833. The lowest BCUT2D eigenvalue weighted by Gasteiger charge is -2.21. The van der Waals surface area contributed by atoms with E-state index in [-0.39, 0.29) is 17.4 Å². The first-order valence-corrected chi connectivity index (χ1v) is 9.94. The number of ether oxygens (including phenoxy) is 3. The van der Waals surface area contributed by atoms with Crippen molar-refractivity contribution in [2.24, 2.45) is 5.92 Å². The first kappa shape index (κ1) is 23.0. The van der Waals surface area contributed by atoms with Crippen molar-refractivity contribution >= 4 is 29.1 Å². The largest absolute Gasteiger partial charge is 0.493 e. The van der Waals surface area contributed by atoms with Crippen molar-refractivity contribution in [3.63, 3.8) is 0 Å². The number of carbonyl (C=O) groups excluding carboxylic acids is 3. The standard InChI is InChI=1S/C20H25N3O6S/c1-11(2)16(21-19(25)15-7-6-8-30-15)20(26)23-22-18(24)12-9-13(27-3)17(29-5)14(10-12)28-4/h6-11,16H,1-5H3,(H,21,25)(H,22,24)(H,23,26). The molecule has 30 heavy (non-hydrogen) atoms. The Hall–Kier alpha value is -3.27. The number of nitrogens with one attached hydrogen (secondary N) is 3. The van der Waals surface area contributed by atoms with Gasteiger partial charge in [-0.3, -0.25) is 25.2 Å². The van der Waals surface area contributed by atoms with Gasteiger partial charge < -0.3 is 19.5 Å². The number of carbonyl (C=O) groups is 3. The van der Waals surface area contributed by atoms with Crippen LogP contribution in [0.5, 0.6) is 17.2 Å². The predicted octanol–water partition coefficient (Wildman–Crippen LogP) is 1.99. The van der Waals surface area contributed by atoms with Crippen LogP contribution in [0.15, 0.2) is 29.6 Å². The van der Waals surface area contributed by atoms with Crippen LogP contribution in [0.2, 0.25) is 0 Å². The molecule has 3 amide bonds. The maximum absolute atomic E-state index is 12.6. The quantitative estimate of drug-likeness (QED) is 0.547. The zero-order chi connectivity index (χ0) is 22.3. The highest BCUT2D eigenvalue weighted by atomic mass is 32.1. The molecular weight excluding hydrogens is 410 g/mol. The molecule has 3 N–H and O–H groups in total. The van der Waals surface area contributed by atoms with E-state index < -0.39 is 17.9 Å². The summed E-state index contributed by atoms with van der Waals surface area (Å²) in [6.45, 7) is 3.58. The summed E-state index contributed by atoms with van der Waals surface area (Å²) in [4.78, 5) is 37.9. The fraction of sp³-hybridized carbons (Fsp3) is 0.350. The maximum Gasteiger partial charge on any atom is 0.269 e. The van der Waals surface area contributed by atoms with E-state index in [1.54, 1.807) is 31.4 Å². The van der Waals surface area contributed by atoms with Gasteiger partial charge >= 0.3 is 0 Å². The van der Waals surface area contributed by atoms with Gasteiger partial charge in [0, 0.05) is 5.56 Å². The zero-order valence-electron chi connectivity index (χ0n) is 17.4. The molecule has 0 saturated carbocycles. The molecule has 9 nitrogen and oxygen atoms in total. The van der Waals surface area contributed by atoms with Gasteiger partial charge in [-0.15, -0.1) is 11.3 Å². The van der Waals surface area contributed by atoms with Gasteiger partial charge in [-0.25, -0.2) is 0 Å². The first-order valence-electron chi connectivity index (χ1n) is 9.06. The smallest absolute Gasteiger partial charge is 0.269 e. The highest BCUT2D eigenvalue weighted by Crippen LogP contribution is 2.38. The Labute approximate surface area is 178 Å². The Balaban J connectivity index is 2.08. The molecule has 1 unspecified atom stereocenters. The van der Waals surface area contributed by atoms with Gasteiger partial charge in [0.1, 0.15) is 6.04 Å². The van der Waals surface area contributed by atoms with E-state index in [9.17, 15) is 14.4 Å². The number of hydrazine groups is 1. The third kappa shape index (κ3) is 5.41. The second-order valence-corrected chi connectivity index (χ2v) is 7.48. The Morgan fingerprint density at radius 2 is 1.57 bits per heavy atom. The number of hydrogen-bond acceptors (Lipinski definition) is 7. The van der Waals surface area contributed by atoms with Gasteiger partial charge in [-0.2, -0.15) is 0 Å². The Bertz CT molecular complexity index is 873. The molecular formula is C20H25N3O6S. The molecule has 0 aliphatic rings. The average Bonchev–Trinajstić information content (AvgIpc) is 3.29. The lowest BCUT2D eigenvalue weighted by molar-refractivity contribution is -0.124. The molecule has 0 spiro atoms. The third-order valence-electron chi connectivity index (χ3n) is 4.21. The van der Waals surface area contributed by atoms with Crippen molar-refractivity contribution in [2.75, 3.05) is 21.3 Å². The summed E-state index contributed by atoms with van der Waals surface area (Å²) in [6, 6.07) is 5.51. The molecule has 162 valence electrons. The highest BCUT2D eigenvalue weighted by molar-refractivity contribution is 7.12. The fourth-order valence-electron chi connectivity index (χ4n) is 2.64. The van der Waals surface area contributed by atoms with Crippen LogP contribution < -0.4 is 30.4 Å². The first-order chi connectivity index (χ1) is 14.3. The number of thiophene rings is 1.